The van der Waals surface area contributed by atoms with Gasteiger partial charge in [-0.25, -0.2) is 0 Å². The molecular weight excluding hydrogens is 309 g/mol. The van der Waals surface area contributed by atoms with E-state index in [1.165, 1.54) is 4.90 Å². The van der Waals surface area contributed by atoms with Crippen LogP contribution in [0.5, 0.6) is 0 Å². The monoisotopic (exact) mass is 323 g/mol. The van der Waals surface area contributed by atoms with E-state index in [1.54, 1.807) is 6.07 Å². The van der Waals surface area contributed by atoms with Crippen LogP contribution in [0.25, 0.3) is 11.3 Å². The zero-order valence-electron chi connectivity index (χ0n) is 11.8. The predicted molar refractivity (Wildman–Crippen MR) is 79.5 cm³/mol. The van der Waals surface area contributed by atoms with Gasteiger partial charge in [-0.15, -0.1) is 3.89 Å². The largest absolute Gasteiger partial charge is 0.307 e. The number of anilines is 1. The summed E-state index contributed by atoms with van der Waals surface area (Å²) in [6.07, 6.45) is -0.356. The van der Waals surface area contributed by atoms with Gasteiger partial charge in [0, 0.05) is 19.0 Å². The minimum absolute atomic E-state index is 0.212. The maximum absolute atomic E-state index is 13.0. The summed E-state index contributed by atoms with van der Waals surface area (Å²) in [6, 6.07) is 9.36. The molecule has 0 bridgehead atoms. The molecule has 1 saturated heterocycles. The molecule has 1 aliphatic heterocycles. The molecule has 3 rings (SSSR count). The first kappa shape index (κ1) is 14.7. The summed E-state index contributed by atoms with van der Waals surface area (Å²) >= 11 is 0. The molecule has 1 unspecified atom stereocenters. The van der Waals surface area contributed by atoms with E-state index in [4.69, 9.17) is 0 Å². The van der Waals surface area contributed by atoms with Crippen LogP contribution < -0.4 is 4.90 Å². The number of rotatable bonds is 3. The number of amides is 1. The topological polar surface area (TPSA) is 83.1 Å². The summed E-state index contributed by atoms with van der Waals surface area (Å²) in [4.78, 5) is 13.1. The molecule has 1 amide bonds. The van der Waals surface area contributed by atoms with E-state index in [0.717, 1.165) is 11.1 Å². The number of aryl methyl sites for hydroxylation is 1. The van der Waals surface area contributed by atoms with Gasteiger partial charge in [-0.3, -0.25) is 14.8 Å². The highest BCUT2D eigenvalue weighted by atomic mass is 32.3. The summed E-state index contributed by atoms with van der Waals surface area (Å²) in [7, 11) is -4.73. The number of halogens is 1. The normalized spacial score (nSPS) is 18.9. The molecule has 8 heteroatoms. The van der Waals surface area contributed by atoms with Crippen LogP contribution in [0.1, 0.15) is 12.0 Å². The molecule has 1 aromatic heterocycles. The number of hydrogen-bond donors (Lipinski definition) is 1. The Hall–Kier alpha value is -2.22. The lowest BCUT2D eigenvalue weighted by Crippen LogP contribution is -2.27. The first-order chi connectivity index (χ1) is 10.3. The molecule has 6 nitrogen and oxygen atoms in total. The third-order valence-corrected chi connectivity index (χ3v) is 4.80. The van der Waals surface area contributed by atoms with Crippen LogP contribution in [0, 0.1) is 6.92 Å². The first-order valence-corrected chi connectivity index (χ1v) is 8.15. The van der Waals surface area contributed by atoms with Gasteiger partial charge in [0.1, 0.15) is 5.25 Å². The van der Waals surface area contributed by atoms with Gasteiger partial charge in [-0.2, -0.15) is 13.5 Å². The lowest BCUT2D eigenvalue weighted by atomic mass is 10.1. The molecule has 1 aromatic carbocycles. The molecule has 1 fully saturated rings. The van der Waals surface area contributed by atoms with E-state index in [1.807, 2.05) is 31.2 Å². The van der Waals surface area contributed by atoms with Crippen molar-refractivity contribution >= 4 is 21.9 Å². The molecule has 1 aliphatic rings. The van der Waals surface area contributed by atoms with E-state index < -0.39 is 21.4 Å². The molecule has 0 radical (unpaired) electrons. The number of carbonyl (C=O) groups excluding carboxylic acids is 1. The fourth-order valence-corrected chi connectivity index (χ4v) is 3.08. The van der Waals surface area contributed by atoms with Crippen molar-refractivity contribution in [3.8, 4) is 11.3 Å². The van der Waals surface area contributed by atoms with Gasteiger partial charge in [-0.1, -0.05) is 29.8 Å². The lowest BCUT2D eigenvalue weighted by Gasteiger charge is -2.11. The summed E-state index contributed by atoms with van der Waals surface area (Å²) in [6.45, 7) is 1.76. The van der Waals surface area contributed by atoms with Gasteiger partial charge < -0.3 is 0 Å². The second kappa shape index (κ2) is 5.20. The first-order valence-electron chi connectivity index (χ1n) is 6.71. The number of hydrogen-bond acceptors (Lipinski definition) is 4. The Labute approximate surface area is 127 Å². The van der Waals surface area contributed by atoms with Crippen molar-refractivity contribution in [2.45, 2.75) is 18.6 Å². The van der Waals surface area contributed by atoms with E-state index in [-0.39, 0.29) is 13.0 Å². The van der Waals surface area contributed by atoms with Crippen LogP contribution in [0.15, 0.2) is 30.3 Å². The molecule has 0 spiro atoms. The number of benzene rings is 1. The maximum Gasteiger partial charge on any atom is 0.307 e. The fourth-order valence-electron chi connectivity index (χ4n) is 2.42. The molecule has 0 aliphatic carbocycles. The highest BCUT2D eigenvalue weighted by Crippen LogP contribution is 2.27. The van der Waals surface area contributed by atoms with Crippen LogP contribution in [-0.2, 0) is 15.0 Å². The lowest BCUT2D eigenvalue weighted by molar-refractivity contribution is -0.117. The van der Waals surface area contributed by atoms with Crippen molar-refractivity contribution in [1.82, 2.24) is 10.2 Å². The van der Waals surface area contributed by atoms with Crippen molar-refractivity contribution in [1.29, 1.82) is 0 Å². The van der Waals surface area contributed by atoms with Crippen molar-refractivity contribution in [2.75, 3.05) is 11.4 Å². The molecular formula is C14H14FN3O3S. The van der Waals surface area contributed by atoms with Gasteiger partial charge in [-0.05, 0) is 12.5 Å². The molecule has 2 aromatic rings. The van der Waals surface area contributed by atoms with E-state index in [2.05, 4.69) is 10.2 Å². The van der Waals surface area contributed by atoms with Crippen molar-refractivity contribution < 1.29 is 17.1 Å². The number of nitrogens with zero attached hydrogens (tertiary/aromatic N) is 2. The van der Waals surface area contributed by atoms with E-state index in [0.29, 0.717) is 11.5 Å². The van der Waals surface area contributed by atoms with Crippen molar-refractivity contribution in [3.63, 3.8) is 0 Å². The van der Waals surface area contributed by atoms with Gasteiger partial charge in [0.2, 0.25) is 5.91 Å². The predicted octanol–water partition coefficient (Wildman–Crippen LogP) is 1.79. The average molecular weight is 323 g/mol. The van der Waals surface area contributed by atoms with Crippen LogP contribution in [0.2, 0.25) is 0 Å². The summed E-state index contributed by atoms with van der Waals surface area (Å²) in [5, 5.41) is 5.51. The maximum atomic E-state index is 13.0. The van der Waals surface area contributed by atoms with Crippen LogP contribution >= 0.6 is 0 Å². The molecule has 1 N–H and O–H groups in total. The van der Waals surface area contributed by atoms with Gasteiger partial charge >= 0.3 is 10.2 Å². The second-order valence-electron chi connectivity index (χ2n) is 5.31. The Bertz CT molecular complexity index is 814. The molecule has 1 atom stereocenters. The minimum Gasteiger partial charge on any atom is -0.294 e. The number of carbonyl (C=O) groups is 1. The summed E-state index contributed by atoms with van der Waals surface area (Å²) in [5.74, 6) is -0.153. The smallest absolute Gasteiger partial charge is 0.294 e. The third-order valence-electron chi connectivity index (χ3n) is 3.69. The molecule has 2 heterocycles. The summed E-state index contributed by atoms with van der Waals surface area (Å²) < 4.78 is 34.9. The Morgan fingerprint density at radius 1 is 1.32 bits per heavy atom. The Morgan fingerprint density at radius 3 is 2.59 bits per heavy atom. The number of nitrogens with one attached hydrogen (secondary N) is 1. The molecule has 22 heavy (non-hydrogen) atoms. The van der Waals surface area contributed by atoms with Gasteiger partial charge in [0.25, 0.3) is 0 Å². The van der Waals surface area contributed by atoms with Gasteiger partial charge in [0.15, 0.2) is 5.82 Å². The van der Waals surface area contributed by atoms with E-state index in [9.17, 15) is 17.1 Å². The minimum atomic E-state index is -4.73. The Morgan fingerprint density at radius 2 is 2.00 bits per heavy atom. The quantitative estimate of drug-likeness (QED) is 0.873. The SMILES string of the molecule is Cc1ccc(-c2cc(N3CC(S(=O)(=O)F)CC3=O)n[nH]2)cc1. The number of H-pyrrole nitrogens is 1. The van der Waals surface area contributed by atoms with Crippen LogP contribution in [0.4, 0.5) is 9.70 Å². The molecule has 116 valence electrons. The van der Waals surface area contributed by atoms with Gasteiger partial charge in [0.05, 0.1) is 5.69 Å². The third kappa shape index (κ3) is 2.74. The Balaban J connectivity index is 1.85. The highest BCUT2D eigenvalue weighted by Gasteiger charge is 2.39. The standard InChI is InChI=1S/C14H14FN3O3S/c1-9-2-4-10(5-3-9)12-7-13(17-16-12)18-8-11(6-14(18)19)22(15,20)21/h2-5,7,11H,6,8H2,1H3,(H,16,17). The zero-order chi connectivity index (χ0) is 15.9. The number of aromatic nitrogens is 2. The van der Waals surface area contributed by atoms with Crippen molar-refractivity contribution in [3.05, 3.63) is 35.9 Å². The molecule has 0 saturated carbocycles. The highest BCUT2D eigenvalue weighted by molar-refractivity contribution is 7.87. The average Bonchev–Trinajstić information content (AvgIpc) is 3.05. The van der Waals surface area contributed by atoms with E-state index >= 15 is 0 Å². The van der Waals surface area contributed by atoms with Crippen molar-refractivity contribution in [2.24, 2.45) is 0 Å². The number of aromatic amines is 1. The fraction of sp³-hybridized carbons (Fsp3) is 0.286. The second-order valence-corrected chi connectivity index (χ2v) is 6.93. The van der Waals surface area contributed by atoms with Crippen LogP contribution in [-0.4, -0.2) is 36.3 Å². The van der Waals surface area contributed by atoms with Crippen LogP contribution in [0.3, 0.4) is 0 Å². The summed E-state index contributed by atoms with van der Waals surface area (Å²) in [5.41, 5.74) is 2.72. The zero-order valence-corrected chi connectivity index (χ0v) is 12.6. The Kier molecular flexibility index (Phi) is 3.48.